The highest BCUT2D eigenvalue weighted by molar-refractivity contribution is 5.14. The summed E-state index contributed by atoms with van der Waals surface area (Å²) < 4.78 is 6.02. The molecule has 3 atom stereocenters. The molecule has 1 saturated carbocycles. The average Bonchev–Trinajstić information content (AvgIpc) is 2.42. The van der Waals surface area contributed by atoms with E-state index < -0.39 is 0 Å². The monoisotopic (exact) mass is 276 g/mol. The Hall–Kier alpha value is -0.930. The molecule has 2 rings (SSSR count). The summed E-state index contributed by atoms with van der Waals surface area (Å²) in [5, 5.41) is 3.72. The minimum absolute atomic E-state index is 0.200. The maximum Gasteiger partial charge on any atom is 0.0656 e. The Balaban J connectivity index is 1.86. The first-order valence-electron chi connectivity index (χ1n) is 7.68. The Morgan fingerprint density at radius 1 is 1.40 bits per heavy atom. The highest BCUT2D eigenvalue weighted by Gasteiger charge is 2.49. The van der Waals surface area contributed by atoms with Crippen LogP contribution in [0.1, 0.15) is 52.6 Å². The summed E-state index contributed by atoms with van der Waals surface area (Å²) in [7, 11) is 0. The van der Waals surface area contributed by atoms with Crippen LogP contribution < -0.4 is 5.32 Å². The van der Waals surface area contributed by atoms with Crippen LogP contribution >= 0.6 is 0 Å². The lowest BCUT2D eigenvalue weighted by Gasteiger charge is -2.53. The van der Waals surface area contributed by atoms with Crippen molar-refractivity contribution in [1.82, 2.24) is 10.3 Å². The zero-order chi connectivity index (χ0) is 14.8. The van der Waals surface area contributed by atoms with Crippen molar-refractivity contribution in [1.29, 1.82) is 0 Å². The van der Waals surface area contributed by atoms with Crippen LogP contribution in [0.3, 0.4) is 0 Å². The molecule has 20 heavy (non-hydrogen) atoms. The van der Waals surface area contributed by atoms with Gasteiger partial charge in [-0.3, -0.25) is 4.98 Å². The van der Waals surface area contributed by atoms with Gasteiger partial charge < -0.3 is 10.1 Å². The zero-order valence-corrected chi connectivity index (χ0v) is 13.4. The molecule has 0 radical (unpaired) electrons. The number of ether oxygens (including phenoxy) is 1. The molecule has 2 unspecified atom stereocenters. The van der Waals surface area contributed by atoms with Crippen molar-refractivity contribution in [2.45, 2.75) is 59.2 Å². The average molecular weight is 276 g/mol. The minimum Gasteiger partial charge on any atom is -0.377 e. The van der Waals surface area contributed by atoms with Gasteiger partial charge in [0, 0.05) is 36.5 Å². The van der Waals surface area contributed by atoms with Gasteiger partial charge in [-0.1, -0.05) is 33.8 Å². The predicted octanol–water partition coefficient (Wildman–Crippen LogP) is 3.57. The molecule has 0 amide bonds. The van der Waals surface area contributed by atoms with Crippen LogP contribution in [0.25, 0.3) is 0 Å². The zero-order valence-electron chi connectivity index (χ0n) is 13.4. The SMILES string of the molecule is CC(C)COC1CC(N[C@H](C)c2cccnc2)C1(C)C. The normalized spacial score (nSPS) is 26.3. The molecule has 1 heterocycles. The van der Waals surface area contributed by atoms with E-state index in [1.807, 2.05) is 18.5 Å². The lowest BCUT2D eigenvalue weighted by molar-refractivity contribution is -0.125. The van der Waals surface area contributed by atoms with Crippen LogP contribution in [0.5, 0.6) is 0 Å². The molecular formula is C17H28N2O. The van der Waals surface area contributed by atoms with Crippen LogP contribution in [0, 0.1) is 11.3 Å². The van der Waals surface area contributed by atoms with E-state index in [9.17, 15) is 0 Å². The van der Waals surface area contributed by atoms with E-state index in [1.54, 1.807) is 0 Å². The number of rotatable bonds is 6. The first kappa shape index (κ1) is 15.5. The maximum absolute atomic E-state index is 6.02. The Kier molecular flexibility index (Phi) is 4.82. The van der Waals surface area contributed by atoms with Gasteiger partial charge in [-0.2, -0.15) is 0 Å². The van der Waals surface area contributed by atoms with Gasteiger partial charge in [-0.25, -0.2) is 0 Å². The van der Waals surface area contributed by atoms with Crippen molar-refractivity contribution >= 4 is 0 Å². The molecule has 0 aromatic carbocycles. The van der Waals surface area contributed by atoms with Gasteiger partial charge in [-0.15, -0.1) is 0 Å². The second-order valence-electron chi connectivity index (χ2n) is 7.00. The summed E-state index contributed by atoms with van der Waals surface area (Å²) in [5.41, 5.74) is 1.44. The van der Waals surface area contributed by atoms with Gasteiger partial charge in [-0.05, 0) is 30.9 Å². The lowest BCUT2D eigenvalue weighted by atomic mass is 9.64. The largest absolute Gasteiger partial charge is 0.377 e. The van der Waals surface area contributed by atoms with Crippen LogP contribution in [-0.4, -0.2) is 23.7 Å². The number of nitrogens with zero attached hydrogens (tertiary/aromatic N) is 1. The molecule has 0 saturated heterocycles. The van der Waals surface area contributed by atoms with Crippen molar-refractivity contribution < 1.29 is 4.74 Å². The van der Waals surface area contributed by atoms with E-state index in [0.717, 1.165) is 13.0 Å². The number of hydrogen-bond acceptors (Lipinski definition) is 3. The van der Waals surface area contributed by atoms with Crippen molar-refractivity contribution in [3.8, 4) is 0 Å². The van der Waals surface area contributed by atoms with Crippen LogP contribution in [0.4, 0.5) is 0 Å². The molecule has 3 heteroatoms. The Morgan fingerprint density at radius 3 is 2.70 bits per heavy atom. The summed E-state index contributed by atoms with van der Waals surface area (Å²) >= 11 is 0. The minimum atomic E-state index is 0.200. The third kappa shape index (κ3) is 3.39. The first-order valence-corrected chi connectivity index (χ1v) is 7.68. The van der Waals surface area contributed by atoms with E-state index in [-0.39, 0.29) is 5.41 Å². The Bertz CT molecular complexity index is 416. The van der Waals surface area contributed by atoms with E-state index in [1.165, 1.54) is 5.56 Å². The van der Waals surface area contributed by atoms with Gasteiger partial charge in [0.15, 0.2) is 0 Å². The summed E-state index contributed by atoms with van der Waals surface area (Å²) in [6.45, 7) is 12.1. The molecule has 1 aromatic heterocycles. The molecule has 1 aromatic rings. The van der Waals surface area contributed by atoms with Crippen LogP contribution in [0.2, 0.25) is 0 Å². The van der Waals surface area contributed by atoms with Gasteiger partial charge in [0.2, 0.25) is 0 Å². The van der Waals surface area contributed by atoms with E-state index in [4.69, 9.17) is 4.74 Å². The molecule has 1 N–H and O–H groups in total. The molecule has 0 aliphatic heterocycles. The fourth-order valence-electron chi connectivity index (χ4n) is 2.79. The topological polar surface area (TPSA) is 34.1 Å². The van der Waals surface area contributed by atoms with Crippen molar-refractivity contribution in [3.63, 3.8) is 0 Å². The maximum atomic E-state index is 6.02. The van der Waals surface area contributed by atoms with E-state index in [0.29, 0.717) is 24.1 Å². The third-order valence-electron chi connectivity index (χ3n) is 4.44. The molecular weight excluding hydrogens is 248 g/mol. The van der Waals surface area contributed by atoms with Gasteiger partial charge in [0.05, 0.1) is 6.10 Å². The quantitative estimate of drug-likeness (QED) is 0.862. The van der Waals surface area contributed by atoms with Gasteiger partial charge >= 0.3 is 0 Å². The lowest BCUT2D eigenvalue weighted by Crippen LogP contribution is -2.61. The second kappa shape index (κ2) is 6.23. The summed E-state index contributed by atoms with van der Waals surface area (Å²) in [5.74, 6) is 0.604. The Labute approximate surface area is 123 Å². The van der Waals surface area contributed by atoms with Crippen molar-refractivity contribution in [2.24, 2.45) is 11.3 Å². The van der Waals surface area contributed by atoms with Crippen molar-refractivity contribution in [2.75, 3.05) is 6.61 Å². The fourth-order valence-corrected chi connectivity index (χ4v) is 2.79. The highest BCUT2D eigenvalue weighted by atomic mass is 16.5. The van der Waals surface area contributed by atoms with Gasteiger partial charge in [0.25, 0.3) is 0 Å². The molecule has 3 nitrogen and oxygen atoms in total. The molecule has 112 valence electrons. The van der Waals surface area contributed by atoms with Crippen molar-refractivity contribution in [3.05, 3.63) is 30.1 Å². The predicted molar refractivity (Wildman–Crippen MR) is 82.6 cm³/mol. The number of hydrogen-bond donors (Lipinski definition) is 1. The molecule has 0 spiro atoms. The van der Waals surface area contributed by atoms with Crippen LogP contribution in [-0.2, 0) is 4.74 Å². The van der Waals surface area contributed by atoms with Crippen LogP contribution in [0.15, 0.2) is 24.5 Å². The third-order valence-corrected chi connectivity index (χ3v) is 4.44. The summed E-state index contributed by atoms with van der Waals surface area (Å²) in [6.07, 6.45) is 5.24. The van der Waals surface area contributed by atoms with E-state index in [2.05, 4.69) is 51.0 Å². The fraction of sp³-hybridized carbons (Fsp3) is 0.706. The van der Waals surface area contributed by atoms with Gasteiger partial charge in [0.1, 0.15) is 0 Å². The standard InChI is InChI=1S/C17H28N2O/c1-12(2)11-20-16-9-15(17(16,4)5)19-13(3)14-7-6-8-18-10-14/h6-8,10,12-13,15-16,19H,9,11H2,1-5H3/t13-,15?,16?/m1/s1. The number of aromatic nitrogens is 1. The van der Waals surface area contributed by atoms with E-state index >= 15 is 0 Å². The number of pyridine rings is 1. The number of nitrogens with one attached hydrogen (secondary N) is 1. The summed E-state index contributed by atoms with van der Waals surface area (Å²) in [4.78, 5) is 4.19. The first-order chi connectivity index (χ1) is 9.41. The molecule has 0 bridgehead atoms. The summed E-state index contributed by atoms with van der Waals surface area (Å²) in [6, 6.07) is 4.96. The second-order valence-corrected chi connectivity index (χ2v) is 7.00. The molecule has 1 fully saturated rings. The Morgan fingerprint density at radius 2 is 2.15 bits per heavy atom. The highest BCUT2D eigenvalue weighted by Crippen LogP contribution is 2.43. The molecule has 1 aliphatic rings. The smallest absolute Gasteiger partial charge is 0.0656 e. The molecule has 1 aliphatic carbocycles.